The lowest BCUT2D eigenvalue weighted by Crippen LogP contribution is -2.37. The summed E-state index contributed by atoms with van der Waals surface area (Å²) in [4.78, 5) is 19.9. The summed E-state index contributed by atoms with van der Waals surface area (Å²) in [6, 6.07) is 7.60. The van der Waals surface area contributed by atoms with Crippen molar-refractivity contribution < 1.29 is 14.6 Å². The average Bonchev–Trinajstić information content (AvgIpc) is 3.23. The molecule has 3 aromatic rings. The third-order valence-electron chi connectivity index (χ3n) is 4.96. The molecule has 2 aromatic heterocycles. The van der Waals surface area contributed by atoms with Crippen LogP contribution in [0.15, 0.2) is 24.3 Å². The number of piperidine rings is 1. The van der Waals surface area contributed by atoms with E-state index in [2.05, 4.69) is 15.0 Å². The van der Waals surface area contributed by atoms with Crippen LogP contribution < -0.4 is 4.74 Å². The van der Waals surface area contributed by atoms with Gasteiger partial charge in [-0.15, -0.1) is 5.10 Å². The zero-order valence-electron chi connectivity index (χ0n) is 15.4. The van der Waals surface area contributed by atoms with Crippen LogP contribution >= 0.6 is 11.3 Å². The van der Waals surface area contributed by atoms with E-state index in [1.807, 2.05) is 31.2 Å². The zero-order chi connectivity index (χ0) is 19.0. The Morgan fingerprint density at radius 3 is 2.70 bits per heavy atom. The molecule has 1 aliphatic heterocycles. The summed E-state index contributed by atoms with van der Waals surface area (Å²) in [5, 5.41) is 15.3. The Morgan fingerprint density at radius 1 is 1.30 bits per heavy atom. The van der Waals surface area contributed by atoms with Gasteiger partial charge in [0.1, 0.15) is 11.5 Å². The summed E-state index contributed by atoms with van der Waals surface area (Å²) in [5.41, 5.74) is 0.963. The van der Waals surface area contributed by atoms with Crippen LogP contribution in [0.5, 0.6) is 11.6 Å². The van der Waals surface area contributed by atoms with Gasteiger partial charge in [-0.25, -0.2) is 4.98 Å². The molecular formula is C19H22N4O3S. The molecule has 0 saturated carbocycles. The molecule has 1 aliphatic rings. The molecule has 1 unspecified atom stereocenters. The van der Waals surface area contributed by atoms with E-state index < -0.39 is 0 Å². The average molecular weight is 386 g/mol. The zero-order valence-corrected chi connectivity index (χ0v) is 16.2. The van der Waals surface area contributed by atoms with Crippen LogP contribution in [0.3, 0.4) is 0 Å². The van der Waals surface area contributed by atoms with Crippen molar-refractivity contribution in [3.8, 4) is 11.6 Å². The number of thiazole rings is 1. The number of carbonyl (C=O) groups is 1. The van der Waals surface area contributed by atoms with E-state index in [0.29, 0.717) is 43.1 Å². The molecule has 8 heteroatoms. The normalized spacial score (nSPS) is 16.7. The number of nitrogens with zero attached hydrogens (tertiary/aromatic N) is 4. The number of methoxy groups -OCH3 is 1. The molecule has 1 atom stereocenters. The standard InChI is InChI=1S/C19H22N4O3S/c1-3-15-20-19-23(21-15)18(25)17(27-19)16(22-10-8-12(24)9-11-22)13-6-4-5-7-14(13)26-2/h4-7,16,25H,3,8-11H2,1-2H3. The number of ketones is 1. The molecule has 0 aliphatic carbocycles. The second-order valence-electron chi connectivity index (χ2n) is 6.59. The first-order valence-corrected chi connectivity index (χ1v) is 9.90. The van der Waals surface area contributed by atoms with Gasteiger partial charge >= 0.3 is 0 Å². The molecule has 0 amide bonds. The molecular weight excluding hydrogens is 364 g/mol. The van der Waals surface area contributed by atoms with Gasteiger partial charge in [-0.1, -0.05) is 36.5 Å². The Labute approximate surface area is 161 Å². The van der Waals surface area contributed by atoms with E-state index in [-0.39, 0.29) is 17.7 Å². The number of Topliss-reactive ketones (excluding diaryl/α,β-unsaturated/α-hetero) is 1. The maximum atomic E-state index is 11.7. The van der Waals surface area contributed by atoms with E-state index in [0.717, 1.165) is 16.2 Å². The maximum Gasteiger partial charge on any atom is 0.230 e. The quantitative estimate of drug-likeness (QED) is 0.726. The van der Waals surface area contributed by atoms with Gasteiger partial charge in [0.15, 0.2) is 5.82 Å². The van der Waals surface area contributed by atoms with Crippen LogP contribution in [0.4, 0.5) is 0 Å². The first kappa shape index (κ1) is 17.9. The molecule has 4 rings (SSSR count). The number of hydrogen-bond acceptors (Lipinski definition) is 7. The van der Waals surface area contributed by atoms with Crippen LogP contribution in [0, 0.1) is 0 Å². The number of likely N-dealkylation sites (tertiary alicyclic amines) is 1. The molecule has 3 heterocycles. The first-order valence-electron chi connectivity index (χ1n) is 9.08. The van der Waals surface area contributed by atoms with Crippen LogP contribution in [0.1, 0.15) is 42.1 Å². The highest BCUT2D eigenvalue weighted by atomic mass is 32.1. The minimum atomic E-state index is -0.215. The highest BCUT2D eigenvalue weighted by Gasteiger charge is 2.33. The fourth-order valence-electron chi connectivity index (χ4n) is 3.55. The molecule has 142 valence electrons. The third kappa shape index (κ3) is 3.19. The molecule has 27 heavy (non-hydrogen) atoms. The number of benzene rings is 1. The van der Waals surface area contributed by atoms with E-state index in [1.54, 1.807) is 7.11 Å². The number of para-hydroxylation sites is 1. The Balaban J connectivity index is 1.83. The second kappa shape index (κ2) is 7.28. The SMILES string of the molecule is CCc1nc2sc(C(c3ccccc3OC)N3CCC(=O)CC3)c(O)n2n1. The predicted molar refractivity (Wildman–Crippen MR) is 103 cm³/mol. The van der Waals surface area contributed by atoms with Crippen LogP contribution in [-0.4, -0.2) is 50.6 Å². The number of rotatable bonds is 5. The van der Waals surface area contributed by atoms with Gasteiger partial charge in [0.05, 0.1) is 18.0 Å². The van der Waals surface area contributed by atoms with Gasteiger partial charge < -0.3 is 9.84 Å². The topological polar surface area (TPSA) is 80.0 Å². The van der Waals surface area contributed by atoms with Crippen molar-refractivity contribution in [1.82, 2.24) is 19.5 Å². The van der Waals surface area contributed by atoms with Gasteiger partial charge in [-0.3, -0.25) is 9.69 Å². The molecule has 0 spiro atoms. The summed E-state index contributed by atoms with van der Waals surface area (Å²) < 4.78 is 7.09. The molecule has 0 radical (unpaired) electrons. The van der Waals surface area contributed by atoms with Gasteiger partial charge in [0, 0.05) is 37.9 Å². The van der Waals surface area contributed by atoms with Crippen LogP contribution in [-0.2, 0) is 11.2 Å². The Morgan fingerprint density at radius 2 is 2.04 bits per heavy atom. The highest BCUT2D eigenvalue weighted by Crippen LogP contribution is 2.43. The minimum absolute atomic E-state index is 0.106. The monoisotopic (exact) mass is 386 g/mol. The van der Waals surface area contributed by atoms with Crippen LogP contribution in [0.2, 0.25) is 0 Å². The van der Waals surface area contributed by atoms with Crippen molar-refractivity contribution >= 4 is 22.1 Å². The summed E-state index contributed by atoms with van der Waals surface area (Å²) in [7, 11) is 1.64. The van der Waals surface area contributed by atoms with E-state index in [4.69, 9.17) is 4.74 Å². The molecule has 0 bridgehead atoms. The van der Waals surface area contributed by atoms with Gasteiger partial charge in [0.25, 0.3) is 0 Å². The number of aromatic nitrogens is 3. The second-order valence-corrected chi connectivity index (χ2v) is 7.59. The van der Waals surface area contributed by atoms with Gasteiger partial charge in [-0.05, 0) is 6.07 Å². The third-order valence-corrected chi connectivity index (χ3v) is 6.04. The van der Waals surface area contributed by atoms with Crippen molar-refractivity contribution in [2.45, 2.75) is 32.2 Å². The van der Waals surface area contributed by atoms with E-state index in [1.165, 1.54) is 15.9 Å². The smallest absolute Gasteiger partial charge is 0.230 e. The number of carbonyl (C=O) groups excluding carboxylic acids is 1. The first-order chi connectivity index (χ1) is 13.1. The fourth-order valence-corrected chi connectivity index (χ4v) is 4.67. The molecule has 1 aromatic carbocycles. The summed E-state index contributed by atoms with van der Waals surface area (Å²) in [6.45, 7) is 3.28. The number of ether oxygens (including phenoxy) is 1. The van der Waals surface area contributed by atoms with Gasteiger partial charge in [0.2, 0.25) is 10.8 Å². The molecule has 1 N–H and O–H groups in total. The highest BCUT2D eigenvalue weighted by molar-refractivity contribution is 7.17. The predicted octanol–water partition coefficient (Wildman–Crippen LogP) is 2.82. The number of hydrogen-bond donors (Lipinski definition) is 1. The van der Waals surface area contributed by atoms with Gasteiger partial charge in [-0.2, -0.15) is 4.52 Å². The van der Waals surface area contributed by atoms with E-state index in [9.17, 15) is 9.90 Å². The van der Waals surface area contributed by atoms with Crippen molar-refractivity contribution in [2.24, 2.45) is 0 Å². The number of aryl methyl sites for hydroxylation is 1. The molecule has 7 nitrogen and oxygen atoms in total. The summed E-state index contributed by atoms with van der Waals surface area (Å²) in [5.74, 6) is 1.85. The maximum absolute atomic E-state index is 11.7. The van der Waals surface area contributed by atoms with Crippen molar-refractivity contribution in [3.63, 3.8) is 0 Å². The largest absolute Gasteiger partial charge is 0.496 e. The Bertz CT molecular complexity index is 971. The van der Waals surface area contributed by atoms with Crippen molar-refractivity contribution in [2.75, 3.05) is 20.2 Å². The summed E-state index contributed by atoms with van der Waals surface area (Å²) in [6.07, 6.45) is 1.76. The molecule has 1 fully saturated rings. The lowest BCUT2D eigenvalue weighted by atomic mass is 9.99. The van der Waals surface area contributed by atoms with Crippen LogP contribution in [0.25, 0.3) is 4.96 Å². The number of fused-ring (bicyclic) bond motifs is 1. The molecule has 1 saturated heterocycles. The minimum Gasteiger partial charge on any atom is -0.496 e. The lowest BCUT2D eigenvalue weighted by molar-refractivity contribution is -0.121. The van der Waals surface area contributed by atoms with Crippen molar-refractivity contribution in [1.29, 1.82) is 0 Å². The number of aromatic hydroxyl groups is 1. The fraction of sp³-hybridized carbons (Fsp3) is 0.421. The Kier molecular flexibility index (Phi) is 4.84. The van der Waals surface area contributed by atoms with Crippen molar-refractivity contribution in [3.05, 3.63) is 40.5 Å². The Hall–Kier alpha value is -2.45. The summed E-state index contributed by atoms with van der Waals surface area (Å²) >= 11 is 1.43. The van der Waals surface area contributed by atoms with E-state index >= 15 is 0 Å². The lowest BCUT2D eigenvalue weighted by Gasteiger charge is -2.34.